The topological polar surface area (TPSA) is 17.1 Å². The second-order valence-electron chi connectivity index (χ2n) is 2.75. The third-order valence-electron chi connectivity index (χ3n) is 1.87. The smallest absolute Gasteiger partial charge is 0.298 e. The fraction of sp³-hybridized carbons (Fsp3) is 0.222. The highest BCUT2D eigenvalue weighted by Crippen LogP contribution is 2.37. The molecule has 5 heteroatoms. The fourth-order valence-electron chi connectivity index (χ4n) is 1.17. The van der Waals surface area contributed by atoms with Crippen molar-refractivity contribution in [1.29, 1.82) is 0 Å². The first-order valence-electron chi connectivity index (χ1n) is 3.69. The van der Waals surface area contributed by atoms with Gasteiger partial charge in [0.15, 0.2) is 0 Å². The lowest BCUT2D eigenvalue weighted by molar-refractivity contribution is -0.137. The number of hydrogen-bond acceptors (Lipinski definition) is 1. The predicted molar refractivity (Wildman–Crippen MR) is 46.6 cm³/mol. The summed E-state index contributed by atoms with van der Waals surface area (Å²) in [5.41, 5.74) is -1.08. The average molecular weight is 223 g/mol. The number of halogens is 4. The van der Waals surface area contributed by atoms with Gasteiger partial charge in [-0.05, 0) is 24.6 Å². The van der Waals surface area contributed by atoms with Gasteiger partial charge in [-0.3, -0.25) is 4.79 Å². The van der Waals surface area contributed by atoms with Gasteiger partial charge in [-0.1, -0.05) is 11.6 Å². The lowest BCUT2D eigenvalue weighted by Gasteiger charge is -2.13. The van der Waals surface area contributed by atoms with E-state index in [0.29, 0.717) is 6.29 Å². The van der Waals surface area contributed by atoms with Gasteiger partial charge in [-0.2, -0.15) is 13.2 Å². The summed E-state index contributed by atoms with van der Waals surface area (Å²) >= 11 is 5.41. The molecule has 0 aliphatic rings. The summed E-state index contributed by atoms with van der Waals surface area (Å²) in [4.78, 5) is 10.4. The van der Waals surface area contributed by atoms with Crippen LogP contribution >= 0.6 is 11.6 Å². The molecule has 0 amide bonds. The molecule has 0 unspecified atom stereocenters. The van der Waals surface area contributed by atoms with E-state index in [1.165, 1.54) is 13.0 Å². The quantitative estimate of drug-likeness (QED) is 0.665. The maximum atomic E-state index is 12.4. The summed E-state index contributed by atoms with van der Waals surface area (Å²) in [6.45, 7) is 1.22. The first-order valence-corrected chi connectivity index (χ1v) is 4.07. The predicted octanol–water partition coefficient (Wildman–Crippen LogP) is 3.48. The van der Waals surface area contributed by atoms with Crippen LogP contribution in [-0.4, -0.2) is 6.29 Å². The van der Waals surface area contributed by atoms with Gasteiger partial charge in [-0.25, -0.2) is 0 Å². The second-order valence-corrected chi connectivity index (χ2v) is 3.16. The monoisotopic (exact) mass is 222 g/mol. The van der Waals surface area contributed by atoms with Crippen molar-refractivity contribution < 1.29 is 18.0 Å². The Labute approximate surface area is 83.5 Å². The molecule has 0 aliphatic carbocycles. The van der Waals surface area contributed by atoms with E-state index in [-0.39, 0.29) is 16.1 Å². The third-order valence-corrected chi connectivity index (χ3v) is 2.18. The molecule has 76 valence electrons. The van der Waals surface area contributed by atoms with Crippen molar-refractivity contribution in [3.8, 4) is 0 Å². The number of carbonyl (C=O) groups is 1. The molecule has 0 N–H and O–H groups in total. The van der Waals surface area contributed by atoms with Crippen LogP contribution in [-0.2, 0) is 6.18 Å². The number of aldehydes is 1. The normalized spacial score (nSPS) is 11.5. The van der Waals surface area contributed by atoms with Gasteiger partial charge in [0.2, 0.25) is 0 Å². The Morgan fingerprint density at radius 2 is 1.93 bits per heavy atom. The Morgan fingerprint density at radius 1 is 1.36 bits per heavy atom. The highest BCUT2D eigenvalue weighted by atomic mass is 35.5. The summed E-state index contributed by atoms with van der Waals surface area (Å²) in [5, 5.41) is -0.388. The molecule has 0 aliphatic heterocycles. The minimum atomic E-state index is -4.53. The molecule has 0 aromatic heterocycles. The van der Waals surface area contributed by atoms with Gasteiger partial charge in [0.1, 0.15) is 6.29 Å². The molecule has 0 atom stereocenters. The number of carbonyl (C=O) groups excluding carboxylic acids is 1. The van der Waals surface area contributed by atoms with Gasteiger partial charge in [0.05, 0.1) is 10.6 Å². The molecule has 0 fully saturated rings. The Balaban J connectivity index is 3.48. The lowest BCUT2D eigenvalue weighted by Crippen LogP contribution is -2.10. The van der Waals surface area contributed by atoms with Crippen molar-refractivity contribution in [2.24, 2.45) is 0 Å². The Hall–Kier alpha value is -1.03. The van der Waals surface area contributed by atoms with Gasteiger partial charge in [-0.15, -0.1) is 0 Å². The van der Waals surface area contributed by atoms with E-state index >= 15 is 0 Å². The van der Waals surface area contributed by atoms with Gasteiger partial charge in [0, 0.05) is 5.56 Å². The Kier molecular flexibility index (Phi) is 2.85. The summed E-state index contributed by atoms with van der Waals surface area (Å²) in [5.74, 6) is 0. The third kappa shape index (κ3) is 1.90. The van der Waals surface area contributed by atoms with E-state index in [1.54, 1.807) is 0 Å². The summed E-state index contributed by atoms with van der Waals surface area (Å²) in [6, 6.07) is 2.33. The maximum absolute atomic E-state index is 12.4. The summed E-state index contributed by atoms with van der Waals surface area (Å²) in [6.07, 6.45) is -4.15. The van der Waals surface area contributed by atoms with Crippen molar-refractivity contribution in [1.82, 2.24) is 0 Å². The zero-order valence-electron chi connectivity index (χ0n) is 7.15. The van der Waals surface area contributed by atoms with Gasteiger partial charge < -0.3 is 0 Å². The van der Waals surface area contributed by atoms with E-state index in [4.69, 9.17) is 11.6 Å². The molecular weight excluding hydrogens is 217 g/mol. The van der Waals surface area contributed by atoms with Crippen molar-refractivity contribution in [3.05, 3.63) is 33.8 Å². The van der Waals surface area contributed by atoms with E-state index in [1.807, 2.05) is 0 Å². The number of benzene rings is 1. The molecule has 1 rings (SSSR count). The fourth-order valence-corrected chi connectivity index (χ4v) is 1.48. The second kappa shape index (κ2) is 3.61. The zero-order chi connectivity index (χ0) is 10.9. The molecule has 0 saturated carbocycles. The van der Waals surface area contributed by atoms with Crippen LogP contribution in [0.1, 0.15) is 21.5 Å². The van der Waals surface area contributed by atoms with Crippen LogP contribution in [0.3, 0.4) is 0 Å². The molecule has 1 aromatic carbocycles. The van der Waals surface area contributed by atoms with E-state index in [0.717, 1.165) is 6.07 Å². The highest BCUT2D eigenvalue weighted by Gasteiger charge is 2.35. The largest absolute Gasteiger partial charge is 0.418 e. The first-order chi connectivity index (χ1) is 6.38. The molecule has 1 aromatic rings. The van der Waals surface area contributed by atoms with Crippen LogP contribution in [0, 0.1) is 6.92 Å². The molecule has 0 heterocycles. The van der Waals surface area contributed by atoms with Crippen molar-refractivity contribution in [3.63, 3.8) is 0 Å². The summed E-state index contributed by atoms with van der Waals surface area (Å²) < 4.78 is 37.3. The molecule has 0 saturated heterocycles. The maximum Gasteiger partial charge on any atom is 0.418 e. The van der Waals surface area contributed by atoms with Crippen molar-refractivity contribution in [2.75, 3.05) is 0 Å². The molecular formula is C9H6ClF3O. The summed E-state index contributed by atoms with van der Waals surface area (Å²) in [7, 11) is 0. The molecule has 0 bridgehead atoms. The minimum Gasteiger partial charge on any atom is -0.298 e. The van der Waals surface area contributed by atoms with Crippen LogP contribution in [0.5, 0.6) is 0 Å². The standard InChI is InChI=1S/C9H6ClF3O/c1-5-6(4-14)2-3-7(10)8(5)9(11,12)13/h2-4H,1H3. The number of hydrogen-bond donors (Lipinski definition) is 0. The number of rotatable bonds is 1. The van der Waals surface area contributed by atoms with Crippen molar-refractivity contribution in [2.45, 2.75) is 13.1 Å². The zero-order valence-corrected chi connectivity index (χ0v) is 7.91. The van der Waals surface area contributed by atoms with Crippen LogP contribution in [0.15, 0.2) is 12.1 Å². The van der Waals surface area contributed by atoms with E-state index in [9.17, 15) is 18.0 Å². The molecule has 0 spiro atoms. The Bertz CT molecular complexity index is 371. The van der Waals surface area contributed by atoms with Gasteiger partial charge >= 0.3 is 6.18 Å². The molecule has 1 nitrogen and oxygen atoms in total. The van der Waals surface area contributed by atoms with Crippen LogP contribution < -0.4 is 0 Å². The van der Waals surface area contributed by atoms with Crippen LogP contribution in [0.25, 0.3) is 0 Å². The van der Waals surface area contributed by atoms with Crippen LogP contribution in [0.4, 0.5) is 13.2 Å². The average Bonchev–Trinajstić information content (AvgIpc) is 2.02. The molecule has 0 radical (unpaired) electrons. The van der Waals surface area contributed by atoms with E-state index in [2.05, 4.69) is 0 Å². The van der Waals surface area contributed by atoms with Crippen LogP contribution in [0.2, 0.25) is 5.02 Å². The van der Waals surface area contributed by atoms with Gasteiger partial charge in [0.25, 0.3) is 0 Å². The highest BCUT2D eigenvalue weighted by molar-refractivity contribution is 6.31. The molecule has 14 heavy (non-hydrogen) atoms. The SMILES string of the molecule is Cc1c(C=O)ccc(Cl)c1C(F)(F)F. The van der Waals surface area contributed by atoms with Crippen molar-refractivity contribution >= 4 is 17.9 Å². The number of alkyl halides is 3. The lowest BCUT2D eigenvalue weighted by atomic mass is 10.0. The first kappa shape index (κ1) is 11.0. The minimum absolute atomic E-state index is 0.00160. The Morgan fingerprint density at radius 3 is 2.36 bits per heavy atom. The van der Waals surface area contributed by atoms with E-state index < -0.39 is 11.7 Å².